The molecule has 4 rings (SSSR count). The maximum atomic E-state index is 12.7. The zero-order valence-corrected chi connectivity index (χ0v) is 15.4. The summed E-state index contributed by atoms with van der Waals surface area (Å²) in [6.07, 6.45) is 2.84. The smallest absolute Gasteiger partial charge is 0.306 e. The van der Waals surface area contributed by atoms with Gasteiger partial charge in [0.05, 0.1) is 11.5 Å². The lowest BCUT2D eigenvalue weighted by Gasteiger charge is -2.30. The number of carboxylic acid groups (broad SMARTS) is 1. The molecule has 0 unspecified atom stereocenters. The molecule has 6 nitrogen and oxygen atoms in total. The van der Waals surface area contributed by atoms with Gasteiger partial charge in [0, 0.05) is 17.6 Å². The largest absolute Gasteiger partial charge is 0.481 e. The first-order chi connectivity index (χ1) is 13.6. The highest BCUT2D eigenvalue weighted by molar-refractivity contribution is 6.12. The van der Waals surface area contributed by atoms with Crippen LogP contribution in [0, 0.1) is 5.92 Å². The Morgan fingerprint density at radius 2 is 1.89 bits per heavy atom. The average molecular weight is 378 g/mol. The lowest BCUT2D eigenvalue weighted by Crippen LogP contribution is -2.35. The highest BCUT2D eigenvalue weighted by Gasteiger charge is 2.24. The minimum Gasteiger partial charge on any atom is -0.481 e. The molecule has 1 amide bonds. The number of rotatable bonds is 5. The predicted octanol–water partition coefficient (Wildman–Crippen LogP) is 3.98. The Hall–Kier alpha value is -3.12. The fourth-order valence-electron chi connectivity index (χ4n) is 3.70. The van der Waals surface area contributed by atoms with E-state index in [1.807, 2.05) is 48.5 Å². The molecule has 2 heterocycles. The Morgan fingerprint density at radius 3 is 2.68 bits per heavy atom. The molecular weight excluding hydrogens is 356 g/mol. The molecule has 2 aromatic carbocycles. The SMILES string of the molecule is O=C(Nc1cccc(CN2CCC(C(=O)O)CC2)c1)c1coc2ccccc12. The minimum atomic E-state index is -0.698. The lowest BCUT2D eigenvalue weighted by molar-refractivity contribution is -0.143. The summed E-state index contributed by atoms with van der Waals surface area (Å²) in [5.74, 6) is -1.13. The molecule has 1 aromatic heterocycles. The van der Waals surface area contributed by atoms with Gasteiger partial charge in [0.2, 0.25) is 0 Å². The first-order valence-corrected chi connectivity index (χ1v) is 9.42. The quantitative estimate of drug-likeness (QED) is 0.702. The number of piperidine rings is 1. The van der Waals surface area contributed by atoms with E-state index in [1.54, 1.807) is 0 Å². The zero-order chi connectivity index (χ0) is 19.5. The van der Waals surface area contributed by atoms with Crippen LogP contribution in [0.5, 0.6) is 0 Å². The molecule has 0 spiro atoms. The number of nitrogens with zero attached hydrogens (tertiary/aromatic N) is 1. The molecule has 1 aliphatic heterocycles. The number of aliphatic carboxylic acids is 1. The van der Waals surface area contributed by atoms with Gasteiger partial charge in [0.25, 0.3) is 5.91 Å². The molecule has 144 valence electrons. The third kappa shape index (κ3) is 3.92. The van der Waals surface area contributed by atoms with E-state index in [2.05, 4.69) is 10.2 Å². The van der Waals surface area contributed by atoms with Gasteiger partial charge in [-0.15, -0.1) is 0 Å². The summed E-state index contributed by atoms with van der Waals surface area (Å²) in [7, 11) is 0. The van der Waals surface area contributed by atoms with Gasteiger partial charge in [-0.1, -0.05) is 30.3 Å². The summed E-state index contributed by atoms with van der Waals surface area (Å²) in [5, 5.41) is 12.8. The predicted molar refractivity (Wildman–Crippen MR) is 106 cm³/mol. The van der Waals surface area contributed by atoms with Gasteiger partial charge in [-0.2, -0.15) is 0 Å². The van der Waals surface area contributed by atoms with Gasteiger partial charge in [0.15, 0.2) is 0 Å². The summed E-state index contributed by atoms with van der Waals surface area (Å²) < 4.78 is 5.45. The van der Waals surface area contributed by atoms with Crippen LogP contribution in [-0.4, -0.2) is 35.0 Å². The first-order valence-electron chi connectivity index (χ1n) is 9.42. The molecule has 0 saturated carbocycles. The van der Waals surface area contributed by atoms with Crippen LogP contribution < -0.4 is 5.32 Å². The first kappa shape index (κ1) is 18.3. The Labute approximate surface area is 162 Å². The molecular formula is C22H22N2O4. The Morgan fingerprint density at radius 1 is 1.11 bits per heavy atom. The zero-order valence-electron chi connectivity index (χ0n) is 15.4. The lowest BCUT2D eigenvalue weighted by atomic mass is 9.97. The van der Waals surface area contributed by atoms with Crippen molar-refractivity contribution in [1.82, 2.24) is 4.90 Å². The number of benzene rings is 2. The van der Waals surface area contributed by atoms with Gasteiger partial charge in [-0.25, -0.2) is 0 Å². The summed E-state index contributed by atoms with van der Waals surface area (Å²) in [6.45, 7) is 2.29. The van der Waals surface area contributed by atoms with Crippen molar-refractivity contribution in [3.05, 3.63) is 65.9 Å². The van der Waals surface area contributed by atoms with Crippen molar-refractivity contribution >= 4 is 28.5 Å². The molecule has 1 aliphatic rings. The standard InChI is InChI=1S/C22H22N2O4/c25-21(19-14-28-20-7-2-1-6-18(19)20)23-17-5-3-4-15(12-17)13-24-10-8-16(9-11-24)22(26)27/h1-7,12,14,16H,8-11,13H2,(H,23,25)(H,26,27). The van der Waals surface area contributed by atoms with Crippen LogP contribution in [0.25, 0.3) is 11.0 Å². The van der Waals surface area contributed by atoms with Gasteiger partial charge in [0.1, 0.15) is 11.8 Å². The van der Waals surface area contributed by atoms with E-state index in [4.69, 9.17) is 9.52 Å². The number of anilines is 1. The number of fused-ring (bicyclic) bond motifs is 1. The third-order valence-corrected chi connectivity index (χ3v) is 5.25. The van der Waals surface area contributed by atoms with E-state index in [0.29, 0.717) is 24.0 Å². The van der Waals surface area contributed by atoms with Crippen molar-refractivity contribution in [2.75, 3.05) is 18.4 Å². The van der Waals surface area contributed by atoms with E-state index in [1.165, 1.54) is 6.26 Å². The van der Waals surface area contributed by atoms with Crippen LogP contribution in [0.15, 0.2) is 59.2 Å². The second kappa shape index (κ2) is 7.86. The second-order valence-corrected chi connectivity index (χ2v) is 7.19. The maximum absolute atomic E-state index is 12.7. The van der Waals surface area contributed by atoms with Gasteiger partial charge < -0.3 is 14.8 Å². The second-order valence-electron chi connectivity index (χ2n) is 7.19. The van der Waals surface area contributed by atoms with Crippen LogP contribution in [-0.2, 0) is 11.3 Å². The fourth-order valence-corrected chi connectivity index (χ4v) is 3.70. The summed E-state index contributed by atoms with van der Waals surface area (Å²) in [6, 6.07) is 15.2. The number of para-hydroxylation sites is 1. The monoisotopic (exact) mass is 378 g/mol. The molecule has 0 atom stereocenters. The van der Waals surface area contributed by atoms with Gasteiger partial charge >= 0.3 is 5.97 Å². The number of carbonyl (C=O) groups is 2. The van der Waals surface area contributed by atoms with E-state index < -0.39 is 5.97 Å². The molecule has 0 radical (unpaired) electrons. The van der Waals surface area contributed by atoms with Gasteiger partial charge in [-0.05, 0) is 49.7 Å². The van der Waals surface area contributed by atoms with E-state index in [0.717, 1.165) is 36.3 Å². The number of hydrogen-bond acceptors (Lipinski definition) is 4. The minimum absolute atomic E-state index is 0.204. The normalized spacial score (nSPS) is 15.6. The molecule has 0 aliphatic carbocycles. The van der Waals surface area contributed by atoms with Crippen molar-refractivity contribution in [2.24, 2.45) is 5.92 Å². The van der Waals surface area contributed by atoms with Crippen LogP contribution >= 0.6 is 0 Å². The number of carboxylic acids is 1. The molecule has 3 aromatic rings. The van der Waals surface area contributed by atoms with E-state index >= 15 is 0 Å². The number of nitrogens with one attached hydrogen (secondary N) is 1. The van der Waals surface area contributed by atoms with Gasteiger partial charge in [-0.3, -0.25) is 14.5 Å². The van der Waals surface area contributed by atoms with Crippen LogP contribution in [0.3, 0.4) is 0 Å². The molecule has 0 bridgehead atoms. The topological polar surface area (TPSA) is 82.8 Å². The molecule has 1 saturated heterocycles. The molecule has 2 N–H and O–H groups in total. The number of amides is 1. The highest BCUT2D eigenvalue weighted by atomic mass is 16.4. The Bertz CT molecular complexity index is 1000. The molecule has 6 heteroatoms. The molecule has 1 fully saturated rings. The van der Waals surface area contributed by atoms with Crippen molar-refractivity contribution in [2.45, 2.75) is 19.4 Å². The van der Waals surface area contributed by atoms with Crippen molar-refractivity contribution in [1.29, 1.82) is 0 Å². The number of carbonyl (C=O) groups excluding carboxylic acids is 1. The average Bonchev–Trinajstić information content (AvgIpc) is 3.13. The fraction of sp³-hybridized carbons (Fsp3) is 0.273. The van der Waals surface area contributed by atoms with Crippen molar-refractivity contribution in [3.63, 3.8) is 0 Å². The summed E-state index contributed by atoms with van der Waals surface area (Å²) in [4.78, 5) is 26.0. The van der Waals surface area contributed by atoms with Crippen LogP contribution in [0.4, 0.5) is 5.69 Å². The maximum Gasteiger partial charge on any atom is 0.306 e. The van der Waals surface area contributed by atoms with Crippen LogP contribution in [0.2, 0.25) is 0 Å². The third-order valence-electron chi connectivity index (χ3n) is 5.25. The van der Waals surface area contributed by atoms with E-state index in [-0.39, 0.29) is 11.8 Å². The highest BCUT2D eigenvalue weighted by Crippen LogP contribution is 2.23. The number of furan rings is 1. The molecule has 28 heavy (non-hydrogen) atoms. The van der Waals surface area contributed by atoms with E-state index in [9.17, 15) is 9.59 Å². The van der Waals surface area contributed by atoms with Crippen molar-refractivity contribution < 1.29 is 19.1 Å². The Balaban J connectivity index is 1.41. The summed E-state index contributed by atoms with van der Waals surface area (Å²) >= 11 is 0. The van der Waals surface area contributed by atoms with Crippen molar-refractivity contribution in [3.8, 4) is 0 Å². The summed E-state index contributed by atoms with van der Waals surface area (Å²) in [5.41, 5.74) is 3.01. The van der Waals surface area contributed by atoms with Crippen LogP contribution in [0.1, 0.15) is 28.8 Å². The number of hydrogen-bond donors (Lipinski definition) is 2. The number of likely N-dealkylation sites (tertiary alicyclic amines) is 1. The Kier molecular flexibility index (Phi) is 5.12.